The first-order chi connectivity index (χ1) is 6.53. The van der Waals surface area contributed by atoms with Crippen molar-refractivity contribution < 1.29 is 4.43 Å². The number of hydrogen-bond donors (Lipinski definition) is 0. The SMILES string of the molecule is CC=C[Si](C)(C)Oc1ccc(Cl)cc1. The highest BCUT2D eigenvalue weighted by Gasteiger charge is 2.19. The molecule has 1 aromatic carbocycles. The van der Waals surface area contributed by atoms with Crippen molar-refractivity contribution in [3.05, 3.63) is 41.1 Å². The van der Waals surface area contributed by atoms with E-state index in [1.807, 2.05) is 37.3 Å². The third-order valence-corrected chi connectivity index (χ3v) is 3.91. The van der Waals surface area contributed by atoms with E-state index in [1.165, 1.54) is 0 Å². The summed E-state index contributed by atoms with van der Waals surface area (Å²) in [7, 11) is -1.69. The Morgan fingerprint density at radius 3 is 2.29 bits per heavy atom. The van der Waals surface area contributed by atoms with E-state index in [1.54, 1.807) is 0 Å². The van der Waals surface area contributed by atoms with E-state index < -0.39 is 8.32 Å². The van der Waals surface area contributed by atoms with Gasteiger partial charge in [-0.1, -0.05) is 23.4 Å². The molecule has 0 N–H and O–H groups in total. The number of benzene rings is 1. The van der Waals surface area contributed by atoms with E-state index in [-0.39, 0.29) is 0 Å². The van der Waals surface area contributed by atoms with Crippen LogP contribution >= 0.6 is 11.6 Å². The maximum Gasteiger partial charge on any atom is 0.269 e. The molecule has 0 fully saturated rings. The van der Waals surface area contributed by atoms with Gasteiger partial charge in [0.05, 0.1) is 0 Å². The highest BCUT2D eigenvalue weighted by molar-refractivity contribution is 6.76. The van der Waals surface area contributed by atoms with Crippen LogP contribution in [0.25, 0.3) is 0 Å². The molecule has 76 valence electrons. The van der Waals surface area contributed by atoms with Gasteiger partial charge in [-0.2, -0.15) is 0 Å². The van der Waals surface area contributed by atoms with Crippen LogP contribution in [0.1, 0.15) is 6.92 Å². The predicted octanol–water partition coefficient (Wildman–Crippen LogP) is 4.04. The Hall–Kier alpha value is -0.733. The lowest BCUT2D eigenvalue weighted by molar-refractivity contribution is 0.563. The van der Waals surface area contributed by atoms with Gasteiger partial charge in [0.15, 0.2) is 0 Å². The molecule has 1 nitrogen and oxygen atoms in total. The minimum atomic E-state index is -1.69. The third-order valence-electron chi connectivity index (χ3n) is 1.76. The second-order valence-corrected chi connectivity index (χ2v) is 7.84. The zero-order valence-corrected chi connectivity index (χ0v) is 10.5. The second-order valence-electron chi connectivity index (χ2n) is 3.66. The van der Waals surface area contributed by atoms with E-state index in [4.69, 9.17) is 16.0 Å². The Morgan fingerprint density at radius 2 is 1.79 bits per heavy atom. The lowest BCUT2D eigenvalue weighted by Crippen LogP contribution is -2.31. The maximum absolute atomic E-state index is 5.89. The van der Waals surface area contributed by atoms with Crippen LogP contribution in [0.5, 0.6) is 5.75 Å². The molecule has 0 aliphatic heterocycles. The zero-order chi connectivity index (χ0) is 10.6. The van der Waals surface area contributed by atoms with E-state index in [0.29, 0.717) is 0 Å². The van der Waals surface area contributed by atoms with Crippen molar-refractivity contribution in [1.29, 1.82) is 0 Å². The minimum Gasteiger partial charge on any atom is -0.540 e. The molecule has 0 aliphatic rings. The fourth-order valence-corrected chi connectivity index (χ4v) is 2.98. The average Bonchev–Trinajstić information content (AvgIpc) is 2.08. The summed E-state index contributed by atoms with van der Waals surface area (Å²) >= 11 is 5.79. The Morgan fingerprint density at radius 1 is 1.21 bits per heavy atom. The first-order valence-electron chi connectivity index (χ1n) is 4.62. The van der Waals surface area contributed by atoms with Gasteiger partial charge in [0.1, 0.15) is 5.75 Å². The molecule has 0 heterocycles. The Labute approximate surface area is 91.5 Å². The highest BCUT2D eigenvalue weighted by atomic mass is 35.5. The summed E-state index contributed by atoms with van der Waals surface area (Å²) in [4.78, 5) is 0. The minimum absolute atomic E-state index is 0.739. The van der Waals surface area contributed by atoms with Crippen LogP contribution in [0.3, 0.4) is 0 Å². The van der Waals surface area contributed by atoms with E-state index in [2.05, 4.69) is 18.8 Å². The maximum atomic E-state index is 5.89. The van der Waals surface area contributed by atoms with Crippen molar-refractivity contribution >= 4 is 19.9 Å². The smallest absolute Gasteiger partial charge is 0.269 e. The molecule has 3 heteroatoms. The summed E-state index contributed by atoms with van der Waals surface area (Å²) in [6, 6.07) is 7.50. The van der Waals surface area contributed by atoms with Crippen molar-refractivity contribution in [1.82, 2.24) is 0 Å². The van der Waals surface area contributed by atoms with Crippen LogP contribution in [0.15, 0.2) is 36.0 Å². The molecular weight excluding hydrogens is 212 g/mol. The molecule has 14 heavy (non-hydrogen) atoms. The van der Waals surface area contributed by atoms with Crippen LogP contribution < -0.4 is 4.43 Å². The van der Waals surface area contributed by atoms with Crippen LogP contribution in [-0.4, -0.2) is 8.32 Å². The Bertz CT molecular complexity index is 317. The van der Waals surface area contributed by atoms with Crippen LogP contribution in [0, 0.1) is 0 Å². The van der Waals surface area contributed by atoms with Gasteiger partial charge in [-0.15, -0.1) is 0 Å². The molecule has 0 aliphatic carbocycles. The van der Waals surface area contributed by atoms with Crippen LogP contribution in [0.2, 0.25) is 18.1 Å². The molecular formula is C11H15ClOSi. The van der Waals surface area contributed by atoms with E-state index >= 15 is 0 Å². The Balaban J connectivity index is 2.73. The summed E-state index contributed by atoms with van der Waals surface area (Å²) in [5.41, 5.74) is 2.15. The molecule has 1 rings (SSSR count). The fraction of sp³-hybridized carbons (Fsp3) is 0.273. The van der Waals surface area contributed by atoms with Gasteiger partial charge in [-0.05, 0) is 44.3 Å². The first-order valence-corrected chi connectivity index (χ1v) is 7.98. The van der Waals surface area contributed by atoms with E-state index in [0.717, 1.165) is 10.8 Å². The molecule has 0 radical (unpaired) electrons. The van der Waals surface area contributed by atoms with Gasteiger partial charge in [0.25, 0.3) is 8.32 Å². The normalized spacial score (nSPS) is 12.0. The summed E-state index contributed by atoms with van der Waals surface area (Å²) in [6.07, 6.45) is 2.04. The molecule has 0 spiro atoms. The Kier molecular flexibility index (Phi) is 3.78. The molecule has 0 saturated heterocycles. The van der Waals surface area contributed by atoms with Gasteiger partial charge in [-0.25, -0.2) is 0 Å². The third kappa shape index (κ3) is 3.56. The summed E-state index contributed by atoms with van der Waals surface area (Å²) in [6.45, 7) is 6.32. The van der Waals surface area contributed by atoms with Crippen molar-refractivity contribution in [3.8, 4) is 5.75 Å². The summed E-state index contributed by atoms with van der Waals surface area (Å²) in [5.74, 6) is 0.893. The van der Waals surface area contributed by atoms with Crippen molar-refractivity contribution in [3.63, 3.8) is 0 Å². The van der Waals surface area contributed by atoms with Crippen molar-refractivity contribution in [2.24, 2.45) is 0 Å². The summed E-state index contributed by atoms with van der Waals surface area (Å²) in [5, 5.41) is 0.739. The fourth-order valence-electron chi connectivity index (χ4n) is 1.24. The molecule has 0 aromatic heterocycles. The quantitative estimate of drug-likeness (QED) is 0.707. The molecule has 0 amide bonds. The monoisotopic (exact) mass is 226 g/mol. The highest BCUT2D eigenvalue weighted by Crippen LogP contribution is 2.19. The zero-order valence-electron chi connectivity index (χ0n) is 8.75. The standard InChI is InChI=1S/C11H15ClOSi/c1-4-9-14(2,3)13-11-7-5-10(12)6-8-11/h4-9H,1-3H3. The topological polar surface area (TPSA) is 9.23 Å². The van der Waals surface area contributed by atoms with Crippen molar-refractivity contribution in [2.45, 2.75) is 20.0 Å². The molecule has 1 aromatic rings. The lowest BCUT2D eigenvalue weighted by atomic mass is 10.3. The first kappa shape index (κ1) is 11.3. The van der Waals surface area contributed by atoms with Crippen LogP contribution in [-0.2, 0) is 0 Å². The van der Waals surface area contributed by atoms with E-state index in [9.17, 15) is 0 Å². The van der Waals surface area contributed by atoms with Gasteiger partial charge in [0, 0.05) is 5.02 Å². The molecule has 0 bridgehead atoms. The van der Waals surface area contributed by atoms with Crippen molar-refractivity contribution in [2.75, 3.05) is 0 Å². The molecule has 0 atom stereocenters. The van der Waals surface area contributed by atoms with Gasteiger partial charge in [-0.3, -0.25) is 0 Å². The lowest BCUT2D eigenvalue weighted by Gasteiger charge is -2.20. The second kappa shape index (κ2) is 4.67. The van der Waals surface area contributed by atoms with Gasteiger partial charge < -0.3 is 4.43 Å². The predicted molar refractivity (Wildman–Crippen MR) is 64.4 cm³/mol. The molecule has 0 saturated carbocycles. The molecule has 0 unspecified atom stereocenters. The summed E-state index contributed by atoms with van der Waals surface area (Å²) < 4.78 is 5.89. The number of hydrogen-bond acceptors (Lipinski definition) is 1. The number of halogens is 1. The van der Waals surface area contributed by atoms with Gasteiger partial charge >= 0.3 is 0 Å². The number of allylic oxidation sites excluding steroid dienone is 1. The average molecular weight is 227 g/mol. The van der Waals surface area contributed by atoms with Gasteiger partial charge in [0.2, 0.25) is 0 Å². The number of rotatable bonds is 3. The van der Waals surface area contributed by atoms with Crippen LogP contribution in [0.4, 0.5) is 0 Å². The largest absolute Gasteiger partial charge is 0.540 e.